The number of rotatable bonds is 1. The summed E-state index contributed by atoms with van der Waals surface area (Å²) in [6.45, 7) is 0. The van der Waals surface area contributed by atoms with Crippen LogP contribution in [-0.4, -0.2) is 21.2 Å². The smallest absolute Gasteiger partial charge is 0.354 e. The van der Waals surface area contributed by atoms with Gasteiger partial charge in [-0.05, 0) is 12.1 Å². The Morgan fingerprint density at radius 2 is 2.09 bits per heavy atom. The normalized spacial score (nSPS) is 8.36. The fourth-order valence-electron chi connectivity index (χ4n) is 0.513. The van der Waals surface area contributed by atoms with Gasteiger partial charge < -0.3 is 10.2 Å². The van der Waals surface area contributed by atoms with Crippen molar-refractivity contribution in [1.82, 2.24) is 4.98 Å². The summed E-state index contributed by atoms with van der Waals surface area (Å²) in [6, 6.07) is 2.51. The Labute approximate surface area is 68.9 Å². The summed E-state index contributed by atoms with van der Waals surface area (Å²) in [6.07, 6.45) is 1.09. The van der Waals surface area contributed by atoms with E-state index in [1.54, 1.807) is 0 Å². The van der Waals surface area contributed by atoms with Crippen molar-refractivity contribution in [2.75, 3.05) is 0 Å². The summed E-state index contributed by atoms with van der Waals surface area (Å²) in [5.74, 6) is -1.13. The molecule has 0 unspecified atom stereocenters. The summed E-state index contributed by atoms with van der Waals surface area (Å²) in [7, 11) is 0. The van der Waals surface area contributed by atoms with E-state index >= 15 is 0 Å². The molecule has 1 heterocycles. The van der Waals surface area contributed by atoms with E-state index < -0.39 is 5.97 Å². The molecule has 0 spiro atoms. The number of hydrogen-bond donors (Lipinski definition) is 2. The molecule has 1 aromatic heterocycles. The van der Waals surface area contributed by atoms with Gasteiger partial charge >= 0.3 is 5.97 Å². The van der Waals surface area contributed by atoms with Crippen LogP contribution in [0.1, 0.15) is 10.5 Å². The van der Waals surface area contributed by atoms with E-state index in [4.69, 9.17) is 10.2 Å². The number of carboxylic acids is 1. The monoisotopic (exact) mass is 175 g/mol. The molecule has 0 radical (unpaired) electrons. The Balaban J connectivity index is 0.000001000. The molecule has 2 N–H and O–H groups in total. The second kappa shape index (κ2) is 3.78. The van der Waals surface area contributed by atoms with Gasteiger partial charge in [-0.25, -0.2) is 9.78 Å². The third-order valence-corrected chi connectivity index (χ3v) is 0.967. The lowest BCUT2D eigenvalue weighted by molar-refractivity contribution is 0.0690. The van der Waals surface area contributed by atoms with Gasteiger partial charge in [-0.1, -0.05) is 0 Å². The Kier molecular flexibility index (Phi) is 3.33. The molecule has 0 aliphatic rings. The quantitative estimate of drug-likeness (QED) is 0.666. The van der Waals surface area contributed by atoms with Gasteiger partial charge in [0.15, 0.2) is 0 Å². The van der Waals surface area contributed by atoms with Crippen LogP contribution < -0.4 is 0 Å². The van der Waals surface area contributed by atoms with Crippen LogP contribution in [0.5, 0.6) is 5.75 Å². The number of aromatic carboxylic acids is 1. The predicted octanol–water partition coefficient (Wildman–Crippen LogP) is 0.907. The molecule has 0 aliphatic heterocycles. The number of aromatic hydroxyl groups is 1. The molecule has 5 heteroatoms. The van der Waals surface area contributed by atoms with Crippen LogP contribution in [-0.2, 0) is 0 Å². The number of nitrogens with zero attached hydrogens (tertiary/aromatic N) is 1. The zero-order valence-electron chi connectivity index (χ0n) is 5.39. The number of carbonyl (C=O) groups is 1. The molecule has 0 saturated carbocycles. The van der Waals surface area contributed by atoms with Gasteiger partial charge in [-0.15, -0.1) is 12.4 Å². The number of carboxylic acid groups (broad SMARTS) is 1. The Morgan fingerprint density at radius 3 is 2.45 bits per heavy atom. The lowest BCUT2D eigenvalue weighted by Crippen LogP contribution is -1.97. The van der Waals surface area contributed by atoms with Crippen molar-refractivity contribution in [2.24, 2.45) is 0 Å². The second-order valence-electron chi connectivity index (χ2n) is 1.71. The summed E-state index contributed by atoms with van der Waals surface area (Å²) in [5.41, 5.74) is -0.0715. The molecule has 0 aliphatic carbocycles. The SMILES string of the molecule is Cl.O=C(O)c1ccc(O)cn1. The summed E-state index contributed by atoms with van der Waals surface area (Å²) >= 11 is 0. The fourth-order valence-corrected chi connectivity index (χ4v) is 0.513. The first-order valence-corrected chi connectivity index (χ1v) is 2.58. The molecule has 60 valence electrons. The topological polar surface area (TPSA) is 70.4 Å². The third-order valence-electron chi connectivity index (χ3n) is 0.967. The lowest BCUT2D eigenvalue weighted by Gasteiger charge is -1.91. The lowest BCUT2D eigenvalue weighted by atomic mass is 10.3. The standard InChI is InChI=1S/C6H5NO3.ClH/c8-4-1-2-5(6(9)10)7-3-4;/h1-3,8H,(H,9,10);1H. The van der Waals surface area contributed by atoms with Crippen LogP contribution in [0.15, 0.2) is 18.3 Å². The van der Waals surface area contributed by atoms with Crippen molar-refractivity contribution in [3.63, 3.8) is 0 Å². The highest BCUT2D eigenvalue weighted by molar-refractivity contribution is 5.85. The molecule has 0 saturated heterocycles. The molecule has 0 amide bonds. The van der Waals surface area contributed by atoms with Gasteiger partial charge in [0.05, 0.1) is 6.20 Å². The number of pyridine rings is 1. The number of halogens is 1. The molecule has 0 atom stereocenters. The molecule has 11 heavy (non-hydrogen) atoms. The van der Waals surface area contributed by atoms with Crippen molar-refractivity contribution >= 4 is 18.4 Å². The molecule has 1 aromatic rings. The molecule has 4 nitrogen and oxygen atoms in total. The van der Waals surface area contributed by atoms with E-state index in [0.717, 1.165) is 6.20 Å². The van der Waals surface area contributed by atoms with Crippen molar-refractivity contribution in [2.45, 2.75) is 0 Å². The molecule has 0 bridgehead atoms. The predicted molar refractivity (Wildman–Crippen MR) is 40.1 cm³/mol. The Hall–Kier alpha value is -1.29. The van der Waals surface area contributed by atoms with Crippen LogP contribution in [0, 0.1) is 0 Å². The van der Waals surface area contributed by atoms with Gasteiger partial charge in [-0.3, -0.25) is 0 Å². The molecule has 1 rings (SSSR count). The highest BCUT2D eigenvalue weighted by atomic mass is 35.5. The zero-order valence-corrected chi connectivity index (χ0v) is 6.21. The van der Waals surface area contributed by atoms with E-state index in [2.05, 4.69) is 4.98 Å². The van der Waals surface area contributed by atoms with E-state index in [1.807, 2.05) is 0 Å². The molecular formula is C6H6ClNO3. The van der Waals surface area contributed by atoms with E-state index in [9.17, 15) is 4.79 Å². The van der Waals surface area contributed by atoms with Crippen molar-refractivity contribution in [3.05, 3.63) is 24.0 Å². The van der Waals surface area contributed by atoms with Crippen LogP contribution in [0.3, 0.4) is 0 Å². The van der Waals surface area contributed by atoms with Gasteiger partial charge in [-0.2, -0.15) is 0 Å². The highest BCUT2D eigenvalue weighted by Gasteiger charge is 2.01. The average molecular weight is 176 g/mol. The van der Waals surface area contributed by atoms with E-state index in [0.29, 0.717) is 0 Å². The van der Waals surface area contributed by atoms with Crippen LogP contribution in [0.25, 0.3) is 0 Å². The first-order chi connectivity index (χ1) is 4.70. The maximum absolute atomic E-state index is 10.2. The van der Waals surface area contributed by atoms with Crippen LogP contribution in [0.4, 0.5) is 0 Å². The van der Waals surface area contributed by atoms with Crippen molar-refractivity contribution < 1.29 is 15.0 Å². The fraction of sp³-hybridized carbons (Fsp3) is 0. The first kappa shape index (κ1) is 9.71. The zero-order chi connectivity index (χ0) is 7.56. The summed E-state index contributed by atoms with van der Waals surface area (Å²) in [4.78, 5) is 13.6. The van der Waals surface area contributed by atoms with Crippen molar-refractivity contribution in [3.8, 4) is 5.75 Å². The maximum Gasteiger partial charge on any atom is 0.354 e. The maximum atomic E-state index is 10.2. The van der Waals surface area contributed by atoms with Gasteiger partial charge in [0.2, 0.25) is 0 Å². The first-order valence-electron chi connectivity index (χ1n) is 2.58. The van der Waals surface area contributed by atoms with Gasteiger partial charge in [0.25, 0.3) is 0 Å². The second-order valence-corrected chi connectivity index (χ2v) is 1.71. The molecule has 0 aromatic carbocycles. The number of aromatic nitrogens is 1. The van der Waals surface area contributed by atoms with E-state index in [1.165, 1.54) is 12.1 Å². The summed E-state index contributed by atoms with van der Waals surface area (Å²) in [5, 5.41) is 17.0. The Bertz CT molecular complexity index is 247. The molecule has 0 fully saturated rings. The number of hydrogen-bond acceptors (Lipinski definition) is 3. The Morgan fingerprint density at radius 1 is 1.45 bits per heavy atom. The highest BCUT2D eigenvalue weighted by Crippen LogP contribution is 2.04. The van der Waals surface area contributed by atoms with Gasteiger partial charge in [0, 0.05) is 0 Å². The summed E-state index contributed by atoms with van der Waals surface area (Å²) < 4.78 is 0. The molecular weight excluding hydrogens is 170 g/mol. The minimum atomic E-state index is -1.10. The average Bonchev–Trinajstić information content (AvgIpc) is 1.88. The van der Waals surface area contributed by atoms with Crippen LogP contribution >= 0.6 is 12.4 Å². The minimum absolute atomic E-state index is 0. The largest absolute Gasteiger partial charge is 0.506 e. The third kappa shape index (κ3) is 2.43. The minimum Gasteiger partial charge on any atom is -0.506 e. The van der Waals surface area contributed by atoms with Gasteiger partial charge in [0.1, 0.15) is 11.4 Å². The van der Waals surface area contributed by atoms with E-state index in [-0.39, 0.29) is 23.9 Å². The van der Waals surface area contributed by atoms with Crippen LogP contribution in [0.2, 0.25) is 0 Å². The van der Waals surface area contributed by atoms with Crippen molar-refractivity contribution in [1.29, 1.82) is 0 Å².